The maximum Gasteiger partial charge on any atom is 0.306 e. The number of rotatable bonds is 44. The molecule has 0 saturated carbocycles. The third kappa shape index (κ3) is 44.6. The molecule has 56 heavy (non-hydrogen) atoms. The van der Waals surface area contributed by atoms with E-state index in [1.165, 1.54) is 122 Å². The first kappa shape index (κ1) is 53.9. The van der Waals surface area contributed by atoms with Gasteiger partial charge in [-0.05, 0) is 77.0 Å². The van der Waals surface area contributed by atoms with E-state index < -0.39 is 6.10 Å². The van der Waals surface area contributed by atoms with E-state index in [-0.39, 0.29) is 25.2 Å². The fraction of sp³-hybridized carbons (Fsp3) is 0.804. The Labute approximate surface area is 348 Å². The first-order chi connectivity index (χ1) is 27.6. The molecule has 0 aromatic rings. The summed E-state index contributed by atoms with van der Waals surface area (Å²) in [6.07, 6.45) is 56.8. The molecule has 5 nitrogen and oxygen atoms in total. The Balaban J connectivity index is 4.29. The number of carbonyl (C=O) groups excluding carboxylic acids is 2. The Morgan fingerprint density at radius 1 is 0.411 bits per heavy atom. The van der Waals surface area contributed by atoms with Crippen LogP contribution >= 0.6 is 0 Å². The Bertz CT molecular complexity index is 935. The van der Waals surface area contributed by atoms with Gasteiger partial charge in [-0.25, -0.2) is 0 Å². The van der Waals surface area contributed by atoms with E-state index in [4.69, 9.17) is 14.2 Å². The molecule has 0 spiro atoms. The van der Waals surface area contributed by atoms with Gasteiger partial charge in [0, 0.05) is 19.4 Å². The standard InChI is InChI=1S/C51H92O5/c1-4-7-10-13-16-19-22-25-26-28-29-32-35-38-41-44-50(52)55-48-49(47-54-46-43-40-37-34-31-24-21-18-15-12-9-6-3)56-51(53)45-42-39-36-33-30-27-23-20-17-14-11-8-5-2/h8,11,17,20,25-27,30,49H,4-7,9-10,12-16,18-19,21-24,28-29,31-48H2,1-3H3/b11-8-,20-17-,26-25-,30-27-. The van der Waals surface area contributed by atoms with Gasteiger partial charge in [-0.2, -0.15) is 0 Å². The third-order valence-corrected chi connectivity index (χ3v) is 10.3. The van der Waals surface area contributed by atoms with Crippen LogP contribution < -0.4 is 0 Å². The van der Waals surface area contributed by atoms with Crippen LogP contribution in [0.1, 0.15) is 239 Å². The van der Waals surface area contributed by atoms with Gasteiger partial charge in [0.2, 0.25) is 0 Å². The SMILES string of the molecule is CC/C=C\C/C=C\C/C=C\CCCCCC(=O)OC(COCCCCCCCCCCCCCC)COC(=O)CCCCCCC/C=C\CCCCCCCC. The molecule has 0 N–H and O–H groups in total. The van der Waals surface area contributed by atoms with Crippen LogP contribution in [0.4, 0.5) is 0 Å². The Hall–Kier alpha value is -2.14. The van der Waals surface area contributed by atoms with E-state index in [9.17, 15) is 9.59 Å². The molecular weight excluding hydrogens is 693 g/mol. The van der Waals surface area contributed by atoms with Crippen LogP contribution in [0.25, 0.3) is 0 Å². The van der Waals surface area contributed by atoms with Crippen molar-refractivity contribution in [1.29, 1.82) is 0 Å². The van der Waals surface area contributed by atoms with Crippen LogP contribution in [0.2, 0.25) is 0 Å². The molecular formula is C51H92O5. The molecule has 0 aromatic carbocycles. The number of ether oxygens (including phenoxy) is 3. The average molecular weight is 785 g/mol. The lowest BCUT2D eigenvalue weighted by Gasteiger charge is -2.18. The molecule has 0 amide bonds. The molecule has 0 aromatic heterocycles. The van der Waals surface area contributed by atoms with Crippen molar-refractivity contribution in [2.24, 2.45) is 0 Å². The summed E-state index contributed by atoms with van der Waals surface area (Å²) in [6.45, 7) is 7.69. The monoisotopic (exact) mass is 785 g/mol. The molecule has 0 bridgehead atoms. The summed E-state index contributed by atoms with van der Waals surface area (Å²) in [5.74, 6) is -0.434. The molecule has 1 atom stereocenters. The van der Waals surface area contributed by atoms with Gasteiger partial charge in [-0.1, -0.05) is 198 Å². The molecule has 0 radical (unpaired) electrons. The molecule has 0 fully saturated rings. The van der Waals surface area contributed by atoms with Crippen LogP contribution in [0, 0.1) is 0 Å². The first-order valence-electron chi connectivity index (χ1n) is 24.2. The van der Waals surface area contributed by atoms with Crippen molar-refractivity contribution in [3.63, 3.8) is 0 Å². The smallest absolute Gasteiger partial charge is 0.306 e. The molecule has 326 valence electrons. The highest BCUT2D eigenvalue weighted by Crippen LogP contribution is 2.14. The van der Waals surface area contributed by atoms with Gasteiger partial charge in [-0.15, -0.1) is 0 Å². The average Bonchev–Trinajstić information content (AvgIpc) is 3.20. The molecule has 0 saturated heterocycles. The lowest BCUT2D eigenvalue weighted by molar-refractivity contribution is -0.163. The first-order valence-corrected chi connectivity index (χ1v) is 24.2. The van der Waals surface area contributed by atoms with Gasteiger partial charge in [0.05, 0.1) is 6.61 Å². The van der Waals surface area contributed by atoms with E-state index >= 15 is 0 Å². The second-order valence-electron chi connectivity index (χ2n) is 16.0. The number of hydrogen-bond donors (Lipinski definition) is 0. The largest absolute Gasteiger partial charge is 0.462 e. The second-order valence-corrected chi connectivity index (χ2v) is 16.0. The summed E-state index contributed by atoms with van der Waals surface area (Å²) in [5, 5.41) is 0. The molecule has 0 aliphatic rings. The van der Waals surface area contributed by atoms with E-state index in [1.54, 1.807) is 0 Å². The summed E-state index contributed by atoms with van der Waals surface area (Å²) >= 11 is 0. The minimum atomic E-state index is -0.550. The number of unbranched alkanes of at least 4 members (excludes halogenated alkanes) is 25. The minimum absolute atomic E-state index is 0.0717. The van der Waals surface area contributed by atoms with E-state index in [0.717, 1.165) is 83.5 Å². The van der Waals surface area contributed by atoms with Crippen molar-refractivity contribution in [1.82, 2.24) is 0 Å². The maximum absolute atomic E-state index is 12.7. The van der Waals surface area contributed by atoms with E-state index in [2.05, 4.69) is 69.4 Å². The van der Waals surface area contributed by atoms with Crippen LogP contribution in [-0.4, -0.2) is 37.9 Å². The Morgan fingerprint density at radius 2 is 0.804 bits per heavy atom. The summed E-state index contributed by atoms with van der Waals surface area (Å²) in [6, 6.07) is 0. The summed E-state index contributed by atoms with van der Waals surface area (Å²) in [5.41, 5.74) is 0. The van der Waals surface area contributed by atoms with E-state index in [0.29, 0.717) is 19.4 Å². The van der Waals surface area contributed by atoms with Crippen molar-refractivity contribution < 1.29 is 23.8 Å². The minimum Gasteiger partial charge on any atom is -0.462 e. The lowest BCUT2D eigenvalue weighted by atomic mass is 10.1. The maximum atomic E-state index is 12.7. The van der Waals surface area contributed by atoms with Crippen LogP contribution in [-0.2, 0) is 23.8 Å². The molecule has 0 rings (SSSR count). The van der Waals surface area contributed by atoms with Gasteiger partial charge in [0.25, 0.3) is 0 Å². The summed E-state index contributed by atoms with van der Waals surface area (Å²) in [4.78, 5) is 25.3. The zero-order chi connectivity index (χ0) is 40.7. The fourth-order valence-corrected chi connectivity index (χ4v) is 6.75. The molecule has 0 aliphatic heterocycles. The Morgan fingerprint density at radius 3 is 1.32 bits per heavy atom. The quantitative estimate of drug-likeness (QED) is 0.0350. The van der Waals surface area contributed by atoms with Gasteiger partial charge in [-0.3, -0.25) is 9.59 Å². The number of carbonyl (C=O) groups is 2. The van der Waals surface area contributed by atoms with Crippen molar-refractivity contribution >= 4 is 11.9 Å². The lowest BCUT2D eigenvalue weighted by Crippen LogP contribution is -2.30. The number of hydrogen-bond acceptors (Lipinski definition) is 5. The number of esters is 2. The second kappa shape index (κ2) is 47.2. The zero-order valence-corrected chi connectivity index (χ0v) is 37.4. The highest BCUT2D eigenvalue weighted by Gasteiger charge is 2.17. The van der Waals surface area contributed by atoms with Crippen molar-refractivity contribution in [2.75, 3.05) is 19.8 Å². The zero-order valence-electron chi connectivity index (χ0n) is 37.4. The molecule has 5 heteroatoms. The molecule has 1 unspecified atom stereocenters. The Kier molecular flexibility index (Phi) is 45.4. The normalized spacial score (nSPS) is 12.6. The predicted octanol–water partition coefficient (Wildman–Crippen LogP) is 16.0. The number of allylic oxidation sites excluding steroid dienone is 8. The van der Waals surface area contributed by atoms with Crippen LogP contribution in [0.5, 0.6) is 0 Å². The molecule has 0 aliphatic carbocycles. The molecule has 0 heterocycles. The third-order valence-electron chi connectivity index (χ3n) is 10.3. The van der Waals surface area contributed by atoms with Crippen LogP contribution in [0.15, 0.2) is 48.6 Å². The van der Waals surface area contributed by atoms with Crippen molar-refractivity contribution in [3.8, 4) is 0 Å². The topological polar surface area (TPSA) is 61.8 Å². The summed E-state index contributed by atoms with van der Waals surface area (Å²) < 4.78 is 17.3. The summed E-state index contributed by atoms with van der Waals surface area (Å²) in [7, 11) is 0. The van der Waals surface area contributed by atoms with Gasteiger partial charge < -0.3 is 14.2 Å². The van der Waals surface area contributed by atoms with Gasteiger partial charge in [0.15, 0.2) is 6.10 Å². The van der Waals surface area contributed by atoms with Gasteiger partial charge in [0.1, 0.15) is 6.61 Å². The highest BCUT2D eigenvalue weighted by molar-refractivity contribution is 5.70. The predicted molar refractivity (Wildman–Crippen MR) is 242 cm³/mol. The van der Waals surface area contributed by atoms with Gasteiger partial charge >= 0.3 is 11.9 Å². The van der Waals surface area contributed by atoms with Crippen molar-refractivity contribution in [2.45, 2.75) is 245 Å². The van der Waals surface area contributed by atoms with E-state index in [1.807, 2.05) is 0 Å². The van der Waals surface area contributed by atoms with Crippen LogP contribution in [0.3, 0.4) is 0 Å². The highest BCUT2D eigenvalue weighted by atomic mass is 16.6. The fourth-order valence-electron chi connectivity index (χ4n) is 6.75. The van der Waals surface area contributed by atoms with Crippen molar-refractivity contribution in [3.05, 3.63) is 48.6 Å².